The number of nitrogens with zero attached hydrogens (tertiary/aromatic N) is 2. The molecule has 1 atom stereocenters. The topological polar surface area (TPSA) is 49.8 Å². The third kappa shape index (κ3) is 4.33. The number of anilines is 2. The molecule has 1 aromatic carbocycles. The van der Waals surface area contributed by atoms with Crippen molar-refractivity contribution in [2.45, 2.75) is 33.2 Å². The van der Waals surface area contributed by atoms with Crippen molar-refractivity contribution in [3.8, 4) is 0 Å². The first kappa shape index (κ1) is 15.6. The van der Waals surface area contributed by atoms with Crippen LogP contribution in [0, 0.1) is 6.92 Å². The summed E-state index contributed by atoms with van der Waals surface area (Å²) in [6.45, 7) is 7.07. The van der Waals surface area contributed by atoms with Crippen LogP contribution in [0.5, 0.6) is 0 Å². The second-order valence-electron chi connectivity index (χ2n) is 5.07. The fourth-order valence-corrected chi connectivity index (χ4v) is 2.17. The molecule has 0 bridgehead atoms. The lowest BCUT2D eigenvalue weighted by Gasteiger charge is -2.17. The molecule has 1 unspecified atom stereocenters. The molecule has 0 spiro atoms. The number of halogens is 1. The normalized spacial score (nSPS) is 12.0. The van der Waals surface area contributed by atoms with E-state index in [4.69, 9.17) is 11.6 Å². The number of hydrogen-bond donors (Lipinski definition) is 2. The van der Waals surface area contributed by atoms with Crippen LogP contribution in [-0.4, -0.2) is 16.5 Å². The highest BCUT2D eigenvalue weighted by atomic mass is 35.5. The molecule has 2 N–H and O–H groups in total. The zero-order chi connectivity index (χ0) is 15.2. The Morgan fingerprint density at radius 1 is 1.33 bits per heavy atom. The van der Waals surface area contributed by atoms with E-state index < -0.39 is 0 Å². The Morgan fingerprint density at radius 2 is 2.14 bits per heavy atom. The molecule has 4 nitrogen and oxygen atoms in total. The van der Waals surface area contributed by atoms with Gasteiger partial charge in [-0.1, -0.05) is 30.7 Å². The summed E-state index contributed by atoms with van der Waals surface area (Å²) >= 11 is 6.04. The van der Waals surface area contributed by atoms with Gasteiger partial charge in [-0.15, -0.1) is 0 Å². The number of nitrogens with one attached hydrogen (secondary N) is 2. The van der Waals surface area contributed by atoms with E-state index >= 15 is 0 Å². The van der Waals surface area contributed by atoms with Crippen LogP contribution >= 0.6 is 11.6 Å². The lowest BCUT2D eigenvalue weighted by Crippen LogP contribution is -2.12. The van der Waals surface area contributed by atoms with E-state index in [2.05, 4.69) is 40.5 Å². The molecule has 2 rings (SSSR count). The van der Waals surface area contributed by atoms with Crippen LogP contribution in [0.3, 0.4) is 0 Å². The highest BCUT2D eigenvalue weighted by Crippen LogP contribution is 2.23. The molecule has 0 aliphatic carbocycles. The van der Waals surface area contributed by atoms with Crippen LogP contribution in [0.2, 0.25) is 5.02 Å². The monoisotopic (exact) mass is 304 g/mol. The molecule has 0 saturated carbocycles. The number of benzene rings is 1. The lowest BCUT2D eigenvalue weighted by molar-refractivity contribution is 0.866. The summed E-state index contributed by atoms with van der Waals surface area (Å²) in [7, 11) is 0. The first-order valence-electron chi connectivity index (χ1n) is 7.19. The molecule has 0 fully saturated rings. The highest BCUT2D eigenvalue weighted by molar-refractivity contribution is 6.30. The van der Waals surface area contributed by atoms with Crippen molar-refractivity contribution >= 4 is 23.4 Å². The van der Waals surface area contributed by atoms with E-state index in [0.717, 1.165) is 34.9 Å². The summed E-state index contributed by atoms with van der Waals surface area (Å²) in [5.74, 6) is 1.50. The molecule has 0 aliphatic heterocycles. The fourth-order valence-electron chi connectivity index (χ4n) is 1.97. The van der Waals surface area contributed by atoms with Gasteiger partial charge in [0.1, 0.15) is 5.82 Å². The summed E-state index contributed by atoms with van der Waals surface area (Å²) in [4.78, 5) is 8.82. The maximum atomic E-state index is 6.04. The Kier molecular flexibility index (Phi) is 5.39. The SMILES string of the molecule is CCCNc1ncc(C)c(NC(C)c2cccc(Cl)c2)n1. The molecule has 1 heterocycles. The minimum absolute atomic E-state index is 0.122. The van der Waals surface area contributed by atoms with Gasteiger partial charge in [0.2, 0.25) is 5.95 Å². The van der Waals surface area contributed by atoms with Crippen LogP contribution in [-0.2, 0) is 0 Å². The van der Waals surface area contributed by atoms with Gasteiger partial charge in [-0.2, -0.15) is 4.98 Å². The average molecular weight is 305 g/mol. The smallest absolute Gasteiger partial charge is 0.224 e. The van der Waals surface area contributed by atoms with E-state index in [0.29, 0.717) is 5.95 Å². The molecule has 0 aliphatic rings. The molecule has 5 heteroatoms. The van der Waals surface area contributed by atoms with Crippen molar-refractivity contribution < 1.29 is 0 Å². The minimum atomic E-state index is 0.122. The van der Waals surface area contributed by atoms with Gasteiger partial charge in [-0.3, -0.25) is 0 Å². The van der Waals surface area contributed by atoms with Crippen molar-refractivity contribution in [1.29, 1.82) is 0 Å². The van der Waals surface area contributed by atoms with Crippen molar-refractivity contribution in [3.05, 3.63) is 46.6 Å². The Balaban J connectivity index is 2.14. The van der Waals surface area contributed by atoms with Crippen molar-refractivity contribution in [2.75, 3.05) is 17.2 Å². The number of rotatable bonds is 6. The second kappa shape index (κ2) is 7.27. The van der Waals surface area contributed by atoms with Crippen LogP contribution < -0.4 is 10.6 Å². The van der Waals surface area contributed by atoms with Crippen LogP contribution in [0.25, 0.3) is 0 Å². The molecule has 21 heavy (non-hydrogen) atoms. The van der Waals surface area contributed by atoms with E-state index in [1.54, 1.807) is 0 Å². The standard InChI is InChI=1S/C16H21ClN4/c1-4-8-18-16-19-10-11(2)15(21-16)20-12(3)13-6-5-7-14(17)9-13/h5-7,9-10,12H,4,8H2,1-3H3,(H2,18,19,20,21). The van der Waals surface area contributed by atoms with Gasteiger partial charge in [0, 0.05) is 23.3 Å². The number of aromatic nitrogens is 2. The average Bonchev–Trinajstić information content (AvgIpc) is 2.48. The van der Waals surface area contributed by atoms with Gasteiger partial charge in [-0.05, 0) is 38.0 Å². The molecule has 0 amide bonds. The lowest BCUT2D eigenvalue weighted by atomic mass is 10.1. The quantitative estimate of drug-likeness (QED) is 0.828. The van der Waals surface area contributed by atoms with E-state index in [-0.39, 0.29) is 6.04 Å². The summed E-state index contributed by atoms with van der Waals surface area (Å²) < 4.78 is 0. The van der Waals surface area contributed by atoms with Crippen LogP contribution in [0.1, 0.15) is 37.4 Å². The van der Waals surface area contributed by atoms with Gasteiger partial charge in [-0.25, -0.2) is 4.98 Å². The molecule has 1 aromatic heterocycles. The second-order valence-corrected chi connectivity index (χ2v) is 5.51. The van der Waals surface area contributed by atoms with E-state index in [1.165, 1.54) is 0 Å². The highest BCUT2D eigenvalue weighted by Gasteiger charge is 2.09. The summed E-state index contributed by atoms with van der Waals surface area (Å²) in [6.07, 6.45) is 2.87. The Bertz CT molecular complexity index is 601. The zero-order valence-electron chi connectivity index (χ0n) is 12.7. The summed E-state index contributed by atoms with van der Waals surface area (Å²) in [6, 6.07) is 7.97. The van der Waals surface area contributed by atoms with Gasteiger partial charge < -0.3 is 10.6 Å². The summed E-state index contributed by atoms with van der Waals surface area (Å²) in [5, 5.41) is 7.36. The Hall–Kier alpha value is -1.81. The number of hydrogen-bond acceptors (Lipinski definition) is 4. The Labute approximate surface area is 131 Å². The molecular formula is C16H21ClN4. The first-order chi connectivity index (χ1) is 10.1. The minimum Gasteiger partial charge on any atom is -0.363 e. The van der Waals surface area contributed by atoms with E-state index in [1.807, 2.05) is 31.3 Å². The van der Waals surface area contributed by atoms with Gasteiger partial charge in [0.25, 0.3) is 0 Å². The Morgan fingerprint density at radius 3 is 2.86 bits per heavy atom. The molecular weight excluding hydrogens is 284 g/mol. The third-order valence-corrected chi connectivity index (χ3v) is 3.44. The summed E-state index contributed by atoms with van der Waals surface area (Å²) in [5.41, 5.74) is 2.15. The number of aryl methyl sites for hydroxylation is 1. The van der Waals surface area contributed by atoms with Gasteiger partial charge in [0.15, 0.2) is 0 Å². The van der Waals surface area contributed by atoms with Crippen molar-refractivity contribution in [2.24, 2.45) is 0 Å². The predicted molar refractivity (Wildman–Crippen MR) is 89.0 cm³/mol. The third-order valence-electron chi connectivity index (χ3n) is 3.21. The maximum Gasteiger partial charge on any atom is 0.224 e. The van der Waals surface area contributed by atoms with Crippen molar-refractivity contribution in [3.63, 3.8) is 0 Å². The van der Waals surface area contributed by atoms with Gasteiger partial charge >= 0.3 is 0 Å². The largest absolute Gasteiger partial charge is 0.363 e. The molecule has 112 valence electrons. The predicted octanol–water partition coefficient (Wildman–Crippen LogP) is 4.43. The molecule has 2 aromatic rings. The van der Waals surface area contributed by atoms with Crippen LogP contribution in [0.4, 0.5) is 11.8 Å². The van der Waals surface area contributed by atoms with Gasteiger partial charge in [0.05, 0.1) is 6.04 Å². The zero-order valence-corrected chi connectivity index (χ0v) is 13.4. The fraction of sp³-hybridized carbons (Fsp3) is 0.375. The molecule has 0 radical (unpaired) electrons. The molecule has 0 saturated heterocycles. The van der Waals surface area contributed by atoms with Crippen LogP contribution in [0.15, 0.2) is 30.5 Å². The maximum absolute atomic E-state index is 6.04. The van der Waals surface area contributed by atoms with Crippen molar-refractivity contribution in [1.82, 2.24) is 9.97 Å². The van der Waals surface area contributed by atoms with E-state index in [9.17, 15) is 0 Å². The first-order valence-corrected chi connectivity index (χ1v) is 7.57.